The molecule has 2 heterocycles. The Balaban J connectivity index is 0.00000181. The van der Waals surface area contributed by atoms with Crippen LogP contribution >= 0.6 is 24.8 Å². The molecular formula is C25H35Cl2N3O2. The smallest absolute Gasteiger partial charge is 0.227 e. The van der Waals surface area contributed by atoms with Crippen molar-refractivity contribution in [3.8, 4) is 5.75 Å². The number of nitrogens with zero attached hydrogens (tertiary/aromatic N) is 1. The highest BCUT2D eigenvalue weighted by Gasteiger charge is 2.29. The van der Waals surface area contributed by atoms with Gasteiger partial charge in [-0.2, -0.15) is 0 Å². The van der Waals surface area contributed by atoms with Gasteiger partial charge in [0.2, 0.25) is 5.91 Å². The zero-order valence-corrected chi connectivity index (χ0v) is 20.7. The predicted molar refractivity (Wildman–Crippen MR) is 135 cm³/mol. The van der Waals surface area contributed by atoms with Crippen LogP contribution in [0.5, 0.6) is 5.75 Å². The Kier molecular flexibility index (Phi) is 9.83. The number of fused-ring (bicyclic) bond motifs is 1. The van der Waals surface area contributed by atoms with Crippen LogP contribution in [0.25, 0.3) is 0 Å². The van der Waals surface area contributed by atoms with Gasteiger partial charge in [-0.05, 0) is 62.9 Å². The van der Waals surface area contributed by atoms with Crippen molar-refractivity contribution in [2.75, 3.05) is 18.6 Å². The summed E-state index contributed by atoms with van der Waals surface area (Å²) in [6.45, 7) is 5.91. The van der Waals surface area contributed by atoms with Crippen molar-refractivity contribution in [1.82, 2.24) is 10.6 Å². The number of rotatable bonds is 6. The van der Waals surface area contributed by atoms with E-state index in [0.29, 0.717) is 25.0 Å². The third-order valence-corrected chi connectivity index (χ3v) is 6.31. The average molecular weight is 480 g/mol. The monoisotopic (exact) mass is 479 g/mol. The largest absolute Gasteiger partial charge is 0.496 e. The molecule has 2 aromatic rings. The number of benzene rings is 2. The highest BCUT2D eigenvalue weighted by Crippen LogP contribution is 2.35. The van der Waals surface area contributed by atoms with Gasteiger partial charge in [-0.3, -0.25) is 4.79 Å². The molecule has 0 saturated carbocycles. The molecule has 4 rings (SSSR count). The van der Waals surface area contributed by atoms with Crippen molar-refractivity contribution in [3.63, 3.8) is 0 Å². The number of aryl methyl sites for hydroxylation is 1. The molecule has 0 bridgehead atoms. The molecule has 1 fully saturated rings. The number of piperidine rings is 1. The number of halogens is 2. The predicted octanol–water partition coefficient (Wildman–Crippen LogP) is 4.81. The summed E-state index contributed by atoms with van der Waals surface area (Å²) >= 11 is 0. The highest BCUT2D eigenvalue weighted by atomic mass is 35.5. The molecule has 1 saturated heterocycles. The van der Waals surface area contributed by atoms with Gasteiger partial charge in [-0.15, -0.1) is 24.8 Å². The van der Waals surface area contributed by atoms with Crippen LogP contribution in [0.1, 0.15) is 55.8 Å². The number of nitrogens with one attached hydrogen (secondary N) is 2. The minimum atomic E-state index is 0. The first-order chi connectivity index (χ1) is 14.6. The zero-order chi connectivity index (χ0) is 21.1. The Morgan fingerprint density at radius 3 is 2.59 bits per heavy atom. The minimum Gasteiger partial charge on any atom is -0.496 e. The standard InChI is InChI=1S/C25H33N3O2.2ClH/c1-17(2)28-22-14-20(23(30-3)15-19(22)11-12-24(28)29)16-27-21-10-7-13-26-25(21)18-8-5-4-6-9-18;;/h4-6,8-9,14-15,17,21,25-27H,7,10-13,16H2,1-3H3;2*1H/t21-,25-;;/m0../s1. The number of hydrogen-bond donors (Lipinski definition) is 2. The molecule has 0 spiro atoms. The average Bonchev–Trinajstić information content (AvgIpc) is 2.77. The van der Waals surface area contributed by atoms with Gasteiger partial charge in [0.1, 0.15) is 5.75 Å². The number of carbonyl (C=O) groups excluding carboxylic acids is 1. The van der Waals surface area contributed by atoms with Crippen LogP contribution in [0.4, 0.5) is 5.69 Å². The first kappa shape index (κ1) is 26.5. The second kappa shape index (κ2) is 11.9. The van der Waals surface area contributed by atoms with E-state index < -0.39 is 0 Å². The Morgan fingerprint density at radius 1 is 1.16 bits per heavy atom. The number of amides is 1. The van der Waals surface area contributed by atoms with Crippen LogP contribution in [0.15, 0.2) is 42.5 Å². The number of hydrogen-bond acceptors (Lipinski definition) is 4. The number of carbonyl (C=O) groups is 1. The van der Waals surface area contributed by atoms with Gasteiger partial charge in [0.25, 0.3) is 0 Å². The zero-order valence-electron chi connectivity index (χ0n) is 19.1. The van der Waals surface area contributed by atoms with Crippen LogP contribution in [0.2, 0.25) is 0 Å². The second-order valence-electron chi connectivity index (χ2n) is 8.62. The molecule has 2 atom stereocenters. The lowest BCUT2D eigenvalue weighted by molar-refractivity contribution is -0.119. The van der Waals surface area contributed by atoms with E-state index in [4.69, 9.17) is 4.74 Å². The third kappa shape index (κ3) is 5.57. The summed E-state index contributed by atoms with van der Waals surface area (Å²) in [5, 5.41) is 7.46. The summed E-state index contributed by atoms with van der Waals surface area (Å²) in [4.78, 5) is 14.5. The van der Waals surface area contributed by atoms with Gasteiger partial charge in [0, 0.05) is 42.3 Å². The number of anilines is 1. The fourth-order valence-electron chi connectivity index (χ4n) is 4.83. The van der Waals surface area contributed by atoms with Crippen molar-refractivity contribution in [3.05, 3.63) is 59.2 Å². The van der Waals surface area contributed by atoms with E-state index in [1.165, 1.54) is 11.1 Å². The van der Waals surface area contributed by atoms with Gasteiger partial charge in [0.05, 0.1) is 7.11 Å². The normalized spacial score (nSPS) is 20.2. The molecule has 0 radical (unpaired) electrons. The molecule has 0 aliphatic carbocycles. The molecule has 0 aromatic heterocycles. The fraction of sp³-hybridized carbons (Fsp3) is 0.480. The van der Waals surface area contributed by atoms with Crippen LogP contribution in [0, 0.1) is 0 Å². The summed E-state index contributed by atoms with van der Waals surface area (Å²) < 4.78 is 5.73. The minimum absolute atomic E-state index is 0. The lowest BCUT2D eigenvalue weighted by Crippen LogP contribution is -2.45. The molecular weight excluding hydrogens is 445 g/mol. The lowest BCUT2D eigenvalue weighted by atomic mass is 9.92. The Labute approximate surface area is 204 Å². The van der Waals surface area contributed by atoms with Crippen LogP contribution in [-0.4, -0.2) is 31.6 Å². The summed E-state index contributed by atoms with van der Waals surface area (Å²) in [7, 11) is 1.73. The first-order valence-electron chi connectivity index (χ1n) is 11.1. The van der Waals surface area contributed by atoms with Crippen LogP contribution < -0.4 is 20.3 Å². The van der Waals surface area contributed by atoms with Crippen molar-refractivity contribution < 1.29 is 9.53 Å². The molecule has 7 heteroatoms. The van der Waals surface area contributed by atoms with E-state index in [1.54, 1.807) is 7.11 Å². The van der Waals surface area contributed by atoms with Gasteiger partial charge < -0.3 is 20.3 Å². The molecule has 2 N–H and O–H groups in total. The summed E-state index contributed by atoms with van der Waals surface area (Å²) in [5.41, 5.74) is 4.67. The van der Waals surface area contributed by atoms with Crippen molar-refractivity contribution in [2.24, 2.45) is 0 Å². The molecule has 0 unspecified atom stereocenters. The number of methoxy groups -OCH3 is 1. The molecule has 176 valence electrons. The summed E-state index contributed by atoms with van der Waals surface area (Å²) in [5.74, 6) is 1.11. The van der Waals surface area contributed by atoms with Gasteiger partial charge in [-0.25, -0.2) is 0 Å². The molecule has 2 aromatic carbocycles. The second-order valence-corrected chi connectivity index (χ2v) is 8.62. The molecule has 5 nitrogen and oxygen atoms in total. The van der Waals surface area contributed by atoms with Crippen LogP contribution in [-0.2, 0) is 17.8 Å². The quantitative estimate of drug-likeness (QED) is 0.623. The Hall–Kier alpha value is -1.79. The van der Waals surface area contributed by atoms with E-state index in [2.05, 4.69) is 66.9 Å². The summed E-state index contributed by atoms with van der Waals surface area (Å²) in [6.07, 6.45) is 3.65. The summed E-state index contributed by atoms with van der Waals surface area (Å²) in [6, 6.07) is 15.8. The fourth-order valence-corrected chi connectivity index (χ4v) is 4.83. The van der Waals surface area contributed by atoms with Gasteiger partial charge >= 0.3 is 0 Å². The van der Waals surface area contributed by atoms with Crippen LogP contribution in [0.3, 0.4) is 0 Å². The van der Waals surface area contributed by atoms with Gasteiger partial charge in [-0.1, -0.05) is 30.3 Å². The van der Waals surface area contributed by atoms with Crippen molar-refractivity contribution in [2.45, 2.75) is 64.2 Å². The maximum absolute atomic E-state index is 12.5. The Bertz CT molecular complexity index is 892. The van der Waals surface area contributed by atoms with E-state index in [0.717, 1.165) is 42.8 Å². The molecule has 1 amide bonds. The maximum atomic E-state index is 12.5. The maximum Gasteiger partial charge on any atom is 0.227 e. The molecule has 32 heavy (non-hydrogen) atoms. The van der Waals surface area contributed by atoms with Crippen molar-refractivity contribution >= 4 is 36.4 Å². The van der Waals surface area contributed by atoms with E-state index in [1.807, 2.05) is 4.90 Å². The highest BCUT2D eigenvalue weighted by molar-refractivity contribution is 5.97. The Morgan fingerprint density at radius 2 is 1.91 bits per heavy atom. The first-order valence-corrected chi connectivity index (χ1v) is 11.1. The van der Waals surface area contributed by atoms with Crippen molar-refractivity contribution in [1.29, 1.82) is 0 Å². The molecule has 2 aliphatic heterocycles. The number of ether oxygens (including phenoxy) is 1. The third-order valence-electron chi connectivity index (χ3n) is 6.31. The molecule has 2 aliphatic rings. The van der Waals surface area contributed by atoms with E-state index in [9.17, 15) is 4.79 Å². The lowest BCUT2D eigenvalue weighted by Gasteiger charge is -2.35. The van der Waals surface area contributed by atoms with E-state index in [-0.39, 0.29) is 36.8 Å². The SMILES string of the molecule is COc1cc2c(cc1CN[C@H]1CCCN[C@H]1c1ccccc1)N(C(C)C)C(=O)CC2.Cl.Cl. The van der Waals surface area contributed by atoms with Gasteiger partial charge in [0.15, 0.2) is 0 Å². The topological polar surface area (TPSA) is 53.6 Å². The van der Waals surface area contributed by atoms with E-state index >= 15 is 0 Å².